The van der Waals surface area contributed by atoms with Crippen molar-refractivity contribution in [3.8, 4) is 0 Å². The van der Waals surface area contributed by atoms with E-state index in [9.17, 15) is 14.7 Å². The van der Waals surface area contributed by atoms with Crippen molar-refractivity contribution in [2.45, 2.75) is 19.4 Å². The van der Waals surface area contributed by atoms with E-state index in [-0.39, 0.29) is 12.3 Å². The Balaban J connectivity index is 2.44. The summed E-state index contributed by atoms with van der Waals surface area (Å²) in [7, 11) is 3.44. The van der Waals surface area contributed by atoms with E-state index >= 15 is 0 Å². The van der Waals surface area contributed by atoms with Gasteiger partial charge in [0.2, 0.25) is 5.91 Å². The van der Waals surface area contributed by atoms with Crippen molar-refractivity contribution in [1.82, 2.24) is 14.7 Å². The molecule has 1 saturated heterocycles. The van der Waals surface area contributed by atoms with Crippen LogP contribution in [0.1, 0.15) is 23.7 Å². The van der Waals surface area contributed by atoms with Crippen molar-refractivity contribution in [1.29, 1.82) is 0 Å². The second-order valence-corrected chi connectivity index (χ2v) is 4.41. The Hall–Kier alpha value is -1.85. The Morgan fingerprint density at radius 2 is 2.18 bits per heavy atom. The number of aryl methyl sites for hydroxylation is 1. The lowest BCUT2D eigenvalue weighted by Crippen LogP contribution is -2.27. The molecule has 2 atom stereocenters. The molecule has 0 spiro atoms. The molecule has 6 nitrogen and oxygen atoms in total. The van der Waals surface area contributed by atoms with Crippen LogP contribution in [0.15, 0.2) is 6.20 Å². The molecule has 6 heteroatoms. The normalized spacial score (nSPS) is 24.4. The van der Waals surface area contributed by atoms with Crippen LogP contribution in [0.3, 0.4) is 0 Å². The molecular formula is C11H15N3O3. The maximum Gasteiger partial charge on any atom is 0.309 e. The molecule has 1 N–H and O–H groups in total. The number of carbonyl (C=O) groups excluding carboxylic acids is 1. The zero-order valence-corrected chi connectivity index (χ0v) is 10.0. The van der Waals surface area contributed by atoms with Gasteiger partial charge < -0.3 is 10.0 Å². The molecule has 1 aliphatic rings. The van der Waals surface area contributed by atoms with Crippen LogP contribution in [-0.2, 0) is 16.6 Å². The van der Waals surface area contributed by atoms with Crippen LogP contribution < -0.4 is 0 Å². The Kier molecular flexibility index (Phi) is 2.65. The maximum atomic E-state index is 11.6. The van der Waals surface area contributed by atoms with Crippen LogP contribution in [0.5, 0.6) is 0 Å². The monoisotopic (exact) mass is 237 g/mol. The van der Waals surface area contributed by atoms with Gasteiger partial charge in [0.15, 0.2) is 0 Å². The number of carboxylic acid groups (broad SMARTS) is 1. The van der Waals surface area contributed by atoms with Gasteiger partial charge in [-0.2, -0.15) is 5.10 Å². The van der Waals surface area contributed by atoms with Crippen molar-refractivity contribution in [3.63, 3.8) is 0 Å². The van der Waals surface area contributed by atoms with Gasteiger partial charge in [-0.3, -0.25) is 14.3 Å². The predicted octanol–water partition coefficient (Wildman–Crippen LogP) is 0.333. The van der Waals surface area contributed by atoms with Crippen LogP contribution in [0.25, 0.3) is 0 Å². The van der Waals surface area contributed by atoms with Crippen molar-refractivity contribution in [2.75, 3.05) is 7.05 Å². The van der Waals surface area contributed by atoms with E-state index < -0.39 is 17.9 Å². The number of aliphatic carboxylic acids is 1. The summed E-state index contributed by atoms with van der Waals surface area (Å²) in [5.41, 5.74) is 1.70. The summed E-state index contributed by atoms with van der Waals surface area (Å²) in [5.74, 6) is -1.75. The van der Waals surface area contributed by atoms with E-state index in [1.54, 1.807) is 25.0 Å². The van der Waals surface area contributed by atoms with Crippen LogP contribution in [0.4, 0.5) is 0 Å². The van der Waals surface area contributed by atoms with Gasteiger partial charge in [0.1, 0.15) is 0 Å². The molecule has 0 aliphatic carbocycles. The molecule has 1 aromatic heterocycles. The summed E-state index contributed by atoms with van der Waals surface area (Å²) in [4.78, 5) is 24.3. The standard InChI is InChI=1S/C11H15N3O3/c1-6-8(5-12-14(6)3)10-7(11(16)17)4-9(15)13(10)2/h5,7,10H,4H2,1-3H3,(H,16,17)/t7-,10+/m1/s1. The summed E-state index contributed by atoms with van der Waals surface area (Å²) in [6.45, 7) is 1.87. The molecule has 2 heterocycles. The van der Waals surface area contributed by atoms with Gasteiger partial charge >= 0.3 is 5.97 Å². The fourth-order valence-electron chi connectivity index (χ4n) is 2.32. The lowest BCUT2D eigenvalue weighted by atomic mass is 9.94. The molecule has 0 unspecified atom stereocenters. The highest BCUT2D eigenvalue weighted by Crippen LogP contribution is 2.38. The van der Waals surface area contributed by atoms with E-state index in [1.807, 2.05) is 6.92 Å². The first kappa shape index (κ1) is 11.6. The summed E-state index contributed by atoms with van der Waals surface area (Å²) >= 11 is 0. The zero-order chi connectivity index (χ0) is 12.7. The highest BCUT2D eigenvalue weighted by atomic mass is 16.4. The first-order chi connectivity index (χ1) is 7.93. The molecule has 0 aromatic carbocycles. The number of likely N-dealkylation sites (tertiary alicyclic amines) is 1. The van der Waals surface area contributed by atoms with Crippen molar-refractivity contribution >= 4 is 11.9 Å². The summed E-state index contributed by atoms with van der Waals surface area (Å²) in [6, 6.07) is -0.409. The molecule has 0 bridgehead atoms. The van der Waals surface area contributed by atoms with Crippen LogP contribution in [0, 0.1) is 12.8 Å². The van der Waals surface area contributed by atoms with E-state index in [0.29, 0.717) is 0 Å². The second kappa shape index (κ2) is 3.87. The fraction of sp³-hybridized carbons (Fsp3) is 0.545. The smallest absolute Gasteiger partial charge is 0.309 e. The number of hydrogen-bond donors (Lipinski definition) is 1. The van der Waals surface area contributed by atoms with E-state index in [2.05, 4.69) is 5.10 Å². The van der Waals surface area contributed by atoms with E-state index in [0.717, 1.165) is 11.3 Å². The molecule has 0 saturated carbocycles. The number of carboxylic acids is 1. The average Bonchev–Trinajstić information content (AvgIpc) is 2.73. The largest absolute Gasteiger partial charge is 0.481 e. The third-order valence-corrected chi connectivity index (χ3v) is 3.50. The maximum absolute atomic E-state index is 11.6. The molecule has 2 rings (SSSR count). The minimum Gasteiger partial charge on any atom is -0.481 e. The zero-order valence-electron chi connectivity index (χ0n) is 10.0. The van der Waals surface area contributed by atoms with Gasteiger partial charge in [-0.25, -0.2) is 0 Å². The minimum absolute atomic E-state index is 0.0604. The fourth-order valence-corrected chi connectivity index (χ4v) is 2.32. The van der Waals surface area contributed by atoms with Crippen molar-refractivity contribution in [3.05, 3.63) is 17.5 Å². The number of amides is 1. The molecule has 92 valence electrons. The molecular weight excluding hydrogens is 222 g/mol. The lowest BCUT2D eigenvalue weighted by molar-refractivity contribution is -0.142. The minimum atomic E-state index is -0.934. The predicted molar refractivity (Wildman–Crippen MR) is 59.2 cm³/mol. The Morgan fingerprint density at radius 3 is 2.65 bits per heavy atom. The van der Waals surface area contributed by atoms with Crippen LogP contribution in [0.2, 0.25) is 0 Å². The molecule has 17 heavy (non-hydrogen) atoms. The third-order valence-electron chi connectivity index (χ3n) is 3.50. The topological polar surface area (TPSA) is 75.4 Å². The number of rotatable bonds is 2. The first-order valence-corrected chi connectivity index (χ1v) is 5.40. The molecule has 1 fully saturated rings. The second-order valence-electron chi connectivity index (χ2n) is 4.41. The number of carbonyl (C=O) groups is 2. The van der Waals surface area contributed by atoms with Gasteiger partial charge in [0.25, 0.3) is 0 Å². The molecule has 1 amide bonds. The van der Waals surface area contributed by atoms with Gasteiger partial charge in [0.05, 0.1) is 18.2 Å². The number of hydrogen-bond acceptors (Lipinski definition) is 3. The van der Waals surface area contributed by atoms with Gasteiger partial charge in [0, 0.05) is 31.8 Å². The van der Waals surface area contributed by atoms with E-state index in [4.69, 9.17) is 0 Å². The molecule has 1 aromatic rings. The Labute approximate surface area is 98.8 Å². The number of aromatic nitrogens is 2. The lowest BCUT2D eigenvalue weighted by Gasteiger charge is -2.22. The van der Waals surface area contributed by atoms with Crippen LogP contribution in [-0.4, -0.2) is 38.7 Å². The third kappa shape index (κ3) is 1.69. The number of nitrogens with zero attached hydrogens (tertiary/aromatic N) is 3. The van der Waals surface area contributed by atoms with Crippen molar-refractivity contribution < 1.29 is 14.7 Å². The summed E-state index contributed by atoms with van der Waals surface area (Å²) in [5, 5.41) is 13.3. The van der Waals surface area contributed by atoms with Crippen molar-refractivity contribution in [2.24, 2.45) is 13.0 Å². The van der Waals surface area contributed by atoms with Gasteiger partial charge in [-0.1, -0.05) is 0 Å². The molecule has 1 aliphatic heterocycles. The van der Waals surface area contributed by atoms with Gasteiger partial charge in [-0.05, 0) is 6.92 Å². The van der Waals surface area contributed by atoms with Crippen LogP contribution >= 0.6 is 0 Å². The molecule has 0 radical (unpaired) electrons. The SMILES string of the molecule is Cc1c([C@@H]2[C@H](C(=O)O)CC(=O)N2C)cnn1C. The quantitative estimate of drug-likeness (QED) is 0.804. The Morgan fingerprint density at radius 1 is 1.53 bits per heavy atom. The average molecular weight is 237 g/mol. The summed E-state index contributed by atoms with van der Waals surface area (Å²) in [6.07, 6.45) is 1.70. The van der Waals surface area contributed by atoms with E-state index in [1.165, 1.54) is 4.90 Å². The highest BCUT2D eigenvalue weighted by molar-refractivity contribution is 5.87. The highest BCUT2D eigenvalue weighted by Gasteiger charge is 2.44. The Bertz CT molecular complexity index is 480. The first-order valence-electron chi connectivity index (χ1n) is 5.40. The summed E-state index contributed by atoms with van der Waals surface area (Å²) < 4.78 is 1.69. The van der Waals surface area contributed by atoms with Gasteiger partial charge in [-0.15, -0.1) is 0 Å².